The minimum Gasteiger partial charge on any atom is -0.444 e. The first-order valence-corrected chi connectivity index (χ1v) is 17.0. The summed E-state index contributed by atoms with van der Waals surface area (Å²) in [4.78, 5) is 15.8. The van der Waals surface area contributed by atoms with Crippen molar-refractivity contribution in [3.05, 3.63) is 60.7 Å². The van der Waals surface area contributed by atoms with Gasteiger partial charge in [-0.05, 0) is 73.7 Å². The molecular formula is C33H46N2O3Si. The predicted octanol–water partition coefficient (Wildman–Crippen LogP) is 5.47. The zero-order valence-electron chi connectivity index (χ0n) is 24.5. The van der Waals surface area contributed by atoms with Crippen molar-refractivity contribution < 1.29 is 14.0 Å². The van der Waals surface area contributed by atoms with Crippen molar-refractivity contribution in [2.24, 2.45) is 11.8 Å². The van der Waals surface area contributed by atoms with Crippen LogP contribution < -0.4 is 15.7 Å². The molecule has 3 bridgehead atoms. The molecule has 6 rings (SSSR count). The summed E-state index contributed by atoms with van der Waals surface area (Å²) >= 11 is 0. The van der Waals surface area contributed by atoms with E-state index in [0.29, 0.717) is 12.0 Å². The minimum atomic E-state index is -2.79. The van der Waals surface area contributed by atoms with Crippen LogP contribution in [-0.4, -0.2) is 55.2 Å². The fraction of sp³-hybridized carbons (Fsp3) is 0.606. The van der Waals surface area contributed by atoms with E-state index in [9.17, 15) is 4.79 Å². The summed E-state index contributed by atoms with van der Waals surface area (Å²) < 4.78 is 13.8. The molecule has 3 aliphatic heterocycles. The Hall–Kier alpha value is -2.15. The third-order valence-electron chi connectivity index (χ3n) is 9.84. The van der Waals surface area contributed by atoms with E-state index in [1.807, 2.05) is 20.8 Å². The summed E-state index contributed by atoms with van der Waals surface area (Å²) in [6.45, 7) is 12.9. The lowest BCUT2D eigenvalue weighted by Crippen LogP contribution is -2.69. The molecule has 3 heterocycles. The Balaban J connectivity index is 1.45. The number of hydrogen-bond acceptors (Lipinski definition) is 4. The van der Waals surface area contributed by atoms with Gasteiger partial charge in [0.15, 0.2) is 0 Å². The lowest BCUT2D eigenvalue weighted by molar-refractivity contribution is -0.0177. The van der Waals surface area contributed by atoms with Gasteiger partial charge in [0.05, 0.1) is 24.2 Å². The maximum atomic E-state index is 13.7. The largest absolute Gasteiger partial charge is 0.444 e. The number of hydrogen-bond donors (Lipinski definition) is 1. The molecule has 0 aromatic heterocycles. The van der Waals surface area contributed by atoms with Crippen LogP contribution in [0.2, 0.25) is 5.04 Å². The molecule has 1 N–H and O–H groups in total. The van der Waals surface area contributed by atoms with Gasteiger partial charge in [-0.15, -0.1) is 0 Å². The van der Waals surface area contributed by atoms with Gasteiger partial charge in [0.1, 0.15) is 5.60 Å². The van der Waals surface area contributed by atoms with Crippen LogP contribution in [0.3, 0.4) is 0 Å². The average molecular weight is 547 g/mol. The smallest absolute Gasteiger partial charge is 0.410 e. The molecule has 6 heteroatoms. The molecule has 4 fully saturated rings. The van der Waals surface area contributed by atoms with E-state index in [2.05, 4.69) is 91.7 Å². The van der Waals surface area contributed by atoms with Crippen LogP contribution in [0.15, 0.2) is 60.7 Å². The van der Waals surface area contributed by atoms with Gasteiger partial charge in [-0.2, -0.15) is 0 Å². The number of amides is 1. The molecule has 5 nitrogen and oxygen atoms in total. The average Bonchev–Trinajstić information content (AvgIpc) is 2.94. The standard InChI is InChI=1S/C33H46N2O3Si/c1-32(2,3)37-31(36)35-26-20-23-21-27(35)30(29(26)34-28(23)22-14-13-15-22)38-39(33(4,5)6,24-16-9-7-10-17-24)25-18-11-8-12-19-25/h7-12,16-19,22-23,26-30,34H,13-15,20-21H2,1-6H3/t23?,26?,27?,28?,29?,30-/m0/s1. The summed E-state index contributed by atoms with van der Waals surface area (Å²) in [6, 6.07) is 22.6. The number of benzene rings is 2. The molecule has 5 unspecified atom stereocenters. The van der Waals surface area contributed by atoms with Gasteiger partial charge < -0.3 is 14.5 Å². The first-order chi connectivity index (χ1) is 18.5. The van der Waals surface area contributed by atoms with Crippen LogP contribution in [-0.2, 0) is 9.16 Å². The van der Waals surface area contributed by atoms with E-state index >= 15 is 0 Å². The second-order valence-electron chi connectivity index (χ2n) is 14.4. The van der Waals surface area contributed by atoms with Crippen LogP contribution in [0.4, 0.5) is 4.79 Å². The molecule has 1 aliphatic carbocycles. The quantitative estimate of drug-likeness (QED) is 0.506. The van der Waals surface area contributed by atoms with Crippen molar-refractivity contribution >= 4 is 24.8 Å². The highest BCUT2D eigenvalue weighted by Crippen LogP contribution is 2.51. The number of piperidine rings is 2. The highest BCUT2D eigenvalue weighted by molar-refractivity contribution is 6.99. The summed E-state index contributed by atoms with van der Waals surface area (Å²) in [7, 11) is -2.79. The zero-order valence-corrected chi connectivity index (χ0v) is 25.5. The lowest BCUT2D eigenvalue weighted by atomic mass is 9.69. The van der Waals surface area contributed by atoms with Crippen molar-refractivity contribution in [3.8, 4) is 0 Å². The second-order valence-corrected chi connectivity index (χ2v) is 18.7. The Kier molecular flexibility index (Phi) is 6.75. The maximum absolute atomic E-state index is 13.7. The van der Waals surface area contributed by atoms with Crippen LogP contribution in [0.1, 0.15) is 73.6 Å². The van der Waals surface area contributed by atoms with Crippen LogP contribution in [0.25, 0.3) is 0 Å². The van der Waals surface area contributed by atoms with Crippen molar-refractivity contribution in [3.63, 3.8) is 0 Å². The van der Waals surface area contributed by atoms with Gasteiger partial charge in [-0.25, -0.2) is 4.79 Å². The maximum Gasteiger partial charge on any atom is 0.410 e. The molecule has 3 saturated heterocycles. The molecule has 2 aromatic rings. The highest BCUT2D eigenvalue weighted by atomic mass is 28.4. The Labute approximate surface area is 235 Å². The Morgan fingerprint density at radius 3 is 1.87 bits per heavy atom. The molecule has 0 spiro atoms. The number of carbonyl (C=O) groups excluding carboxylic acids is 1. The SMILES string of the molecule is CC(C)(C)OC(=O)N1C2CC3CC1[C@H](O[Si](c1ccccc1)(c1ccccc1)C(C)(C)C)C2NC3C1CCC1. The Bertz CT molecular complexity index is 1130. The molecular weight excluding hydrogens is 500 g/mol. The van der Waals surface area contributed by atoms with E-state index in [1.165, 1.54) is 29.6 Å². The number of nitrogens with zero attached hydrogens (tertiary/aromatic N) is 1. The number of ether oxygens (including phenoxy) is 1. The topological polar surface area (TPSA) is 50.8 Å². The molecule has 0 radical (unpaired) electrons. The van der Waals surface area contributed by atoms with E-state index < -0.39 is 13.9 Å². The number of nitrogens with one attached hydrogen (secondary N) is 1. The van der Waals surface area contributed by atoms with Gasteiger partial charge in [0.2, 0.25) is 0 Å². The summed E-state index contributed by atoms with van der Waals surface area (Å²) in [6.07, 6.45) is 5.78. The summed E-state index contributed by atoms with van der Waals surface area (Å²) in [5, 5.41) is 6.60. The molecule has 39 heavy (non-hydrogen) atoms. The van der Waals surface area contributed by atoms with Crippen LogP contribution >= 0.6 is 0 Å². The molecule has 1 amide bonds. The molecule has 210 valence electrons. The first-order valence-electron chi connectivity index (χ1n) is 15.1. The monoisotopic (exact) mass is 546 g/mol. The van der Waals surface area contributed by atoms with Gasteiger partial charge in [0.25, 0.3) is 8.32 Å². The molecule has 1 saturated carbocycles. The van der Waals surface area contributed by atoms with Crippen molar-refractivity contribution in [1.82, 2.24) is 10.2 Å². The van der Waals surface area contributed by atoms with Gasteiger partial charge >= 0.3 is 6.09 Å². The third-order valence-corrected chi connectivity index (χ3v) is 14.9. The fourth-order valence-electron chi connectivity index (χ4n) is 8.07. The van der Waals surface area contributed by atoms with E-state index in [-0.39, 0.29) is 35.4 Å². The first kappa shape index (κ1) is 27.0. The predicted molar refractivity (Wildman–Crippen MR) is 159 cm³/mol. The second kappa shape index (κ2) is 9.74. The normalized spacial score (nSPS) is 30.8. The fourth-order valence-corrected chi connectivity index (χ4v) is 12.8. The van der Waals surface area contributed by atoms with E-state index in [0.717, 1.165) is 18.8 Å². The van der Waals surface area contributed by atoms with E-state index in [1.54, 1.807) is 0 Å². The van der Waals surface area contributed by atoms with Gasteiger partial charge in [0, 0.05) is 6.04 Å². The van der Waals surface area contributed by atoms with E-state index in [4.69, 9.17) is 9.16 Å². The highest BCUT2D eigenvalue weighted by Gasteiger charge is 2.64. The van der Waals surface area contributed by atoms with Crippen molar-refractivity contribution in [2.45, 2.75) is 115 Å². The molecule has 4 aliphatic rings. The number of carbonyl (C=O) groups is 1. The van der Waals surface area contributed by atoms with Crippen molar-refractivity contribution in [2.75, 3.05) is 0 Å². The van der Waals surface area contributed by atoms with Crippen LogP contribution in [0, 0.1) is 11.8 Å². The van der Waals surface area contributed by atoms with Crippen LogP contribution in [0.5, 0.6) is 0 Å². The third kappa shape index (κ3) is 4.57. The summed E-state index contributed by atoms with van der Waals surface area (Å²) in [5.74, 6) is 1.35. The minimum absolute atomic E-state index is 0.0211. The molecule has 2 aromatic carbocycles. The lowest BCUT2D eigenvalue weighted by Gasteiger charge is -2.50. The van der Waals surface area contributed by atoms with Gasteiger partial charge in [-0.3, -0.25) is 4.90 Å². The van der Waals surface area contributed by atoms with Crippen molar-refractivity contribution in [1.29, 1.82) is 0 Å². The number of rotatable bonds is 5. The summed E-state index contributed by atoms with van der Waals surface area (Å²) in [5.41, 5.74) is -0.525. The number of fused-ring (bicyclic) bond motifs is 2. The zero-order chi connectivity index (χ0) is 27.6. The van der Waals surface area contributed by atoms with Gasteiger partial charge in [-0.1, -0.05) is 87.9 Å². The molecule has 6 atom stereocenters. The Morgan fingerprint density at radius 2 is 1.38 bits per heavy atom. The Morgan fingerprint density at radius 1 is 0.821 bits per heavy atom.